The molecule has 1 heterocycles. The fourth-order valence-electron chi connectivity index (χ4n) is 2.49. The molecule has 3 rings (SSSR count). The summed E-state index contributed by atoms with van der Waals surface area (Å²) in [7, 11) is 0. The molecule has 4 heteroatoms. The van der Waals surface area contributed by atoms with E-state index in [1.54, 1.807) is 18.2 Å². The fourth-order valence-corrected chi connectivity index (χ4v) is 2.67. The second kappa shape index (κ2) is 5.08. The van der Waals surface area contributed by atoms with Crippen LogP contribution in [0.15, 0.2) is 36.4 Å². The van der Waals surface area contributed by atoms with Crippen molar-refractivity contribution in [3.8, 4) is 17.2 Å². The lowest BCUT2D eigenvalue weighted by Gasteiger charge is -2.18. The number of halogens is 1. The molecule has 0 spiro atoms. The van der Waals surface area contributed by atoms with E-state index in [2.05, 4.69) is 0 Å². The van der Waals surface area contributed by atoms with Crippen molar-refractivity contribution in [2.45, 2.75) is 25.9 Å². The van der Waals surface area contributed by atoms with Gasteiger partial charge in [-0.3, -0.25) is 4.79 Å². The summed E-state index contributed by atoms with van der Waals surface area (Å²) in [6, 6.07) is 10.7. The SMILES string of the molecule is CC1(C)Cc2cccc(Oc3ccc(Cl)cc3C=O)c2O1. The minimum atomic E-state index is -0.241. The number of carbonyl (C=O) groups excluding carboxylic acids is 1. The van der Waals surface area contributed by atoms with Gasteiger partial charge in [-0.05, 0) is 38.1 Å². The summed E-state index contributed by atoms with van der Waals surface area (Å²) < 4.78 is 11.8. The van der Waals surface area contributed by atoms with Gasteiger partial charge >= 0.3 is 0 Å². The fraction of sp³-hybridized carbons (Fsp3) is 0.235. The van der Waals surface area contributed by atoms with Gasteiger partial charge in [-0.1, -0.05) is 23.7 Å². The van der Waals surface area contributed by atoms with Gasteiger partial charge in [0.25, 0.3) is 0 Å². The van der Waals surface area contributed by atoms with Crippen LogP contribution in [0.25, 0.3) is 0 Å². The Hall–Kier alpha value is -2.00. The summed E-state index contributed by atoms with van der Waals surface area (Å²) in [5.41, 5.74) is 1.28. The molecule has 0 fully saturated rings. The van der Waals surface area contributed by atoms with Gasteiger partial charge in [0.15, 0.2) is 17.8 Å². The second-order valence-electron chi connectivity index (χ2n) is 5.68. The summed E-state index contributed by atoms with van der Waals surface area (Å²) in [6.45, 7) is 4.08. The Morgan fingerprint density at radius 3 is 2.81 bits per heavy atom. The first-order valence-corrected chi connectivity index (χ1v) is 7.10. The van der Waals surface area contributed by atoms with Crippen molar-refractivity contribution in [1.29, 1.82) is 0 Å². The van der Waals surface area contributed by atoms with E-state index in [4.69, 9.17) is 21.1 Å². The molecule has 0 bridgehead atoms. The molecular weight excluding hydrogens is 288 g/mol. The van der Waals surface area contributed by atoms with Crippen LogP contribution in [0.1, 0.15) is 29.8 Å². The Balaban J connectivity index is 1.98. The molecule has 0 aliphatic carbocycles. The minimum absolute atomic E-state index is 0.241. The maximum atomic E-state index is 11.1. The number of hydrogen-bond acceptors (Lipinski definition) is 3. The van der Waals surface area contributed by atoms with Gasteiger partial charge in [-0.25, -0.2) is 0 Å². The third kappa shape index (κ3) is 2.74. The number of aldehydes is 1. The van der Waals surface area contributed by atoms with Crippen LogP contribution in [0.5, 0.6) is 17.2 Å². The molecule has 1 aliphatic rings. The highest BCUT2D eigenvalue weighted by Crippen LogP contribution is 2.43. The average molecular weight is 303 g/mol. The van der Waals surface area contributed by atoms with Crippen molar-refractivity contribution in [2.24, 2.45) is 0 Å². The highest BCUT2D eigenvalue weighted by Gasteiger charge is 2.32. The lowest BCUT2D eigenvalue weighted by molar-refractivity contribution is 0.112. The molecule has 0 N–H and O–H groups in total. The van der Waals surface area contributed by atoms with Gasteiger partial charge in [-0.15, -0.1) is 0 Å². The number of fused-ring (bicyclic) bond motifs is 1. The van der Waals surface area contributed by atoms with Crippen LogP contribution in [0.3, 0.4) is 0 Å². The third-order valence-electron chi connectivity index (χ3n) is 3.37. The predicted molar refractivity (Wildman–Crippen MR) is 81.8 cm³/mol. The number of para-hydroxylation sites is 1. The highest BCUT2D eigenvalue weighted by atomic mass is 35.5. The zero-order valence-electron chi connectivity index (χ0n) is 11.9. The number of hydrogen-bond donors (Lipinski definition) is 0. The van der Waals surface area contributed by atoms with E-state index < -0.39 is 0 Å². The summed E-state index contributed by atoms with van der Waals surface area (Å²) in [4.78, 5) is 11.1. The van der Waals surface area contributed by atoms with Crippen LogP contribution < -0.4 is 9.47 Å². The lowest BCUT2D eigenvalue weighted by Crippen LogP contribution is -2.24. The third-order valence-corrected chi connectivity index (χ3v) is 3.61. The quantitative estimate of drug-likeness (QED) is 0.774. The minimum Gasteiger partial charge on any atom is -0.483 e. The Bertz CT molecular complexity index is 707. The van der Waals surface area contributed by atoms with Gasteiger partial charge in [0.05, 0.1) is 5.56 Å². The smallest absolute Gasteiger partial charge is 0.169 e. The first-order valence-electron chi connectivity index (χ1n) is 6.72. The molecule has 0 amide bonds. The molecule has 1 aliphatic heterocycles. The van der Waals surface area contributed by atoms with Gasteiger partial charge in [0.2, 0.25) is 0 Å². The van der Waals surface area contributed by atoms with Crippen molar-refractivity contribution in [2.75, 3.05) is 0 Å². The number of benzene rings is 2. The van der Waals surface area contributed by atoms with Crippen molar-refractivity contribution in [3.05, 3.63) is 52.5 Å². The molecule has 2 aromatic rings. The normalized spacial score (nSPS) is 15.2. The summed E-state index contributed by atoms with van der Waals surface area (Å²) >= 11 is 5.89. The zero-order valence-corrected chi connectivity index (χ0v) is 12.6. The maximum absolute atomic E-state index is 11.1. The number of rotatable bonds is 3. The van der Waals surface area contributed by atoms with Crippen molar-refractivity contribution in [1.82, 2.24) is 0 Å². The number of ether oxygens (including phenoxy) is 2. The summed E-state index contributed by atoms with van der Waals surface area (Å²) in [6.07, 6.45) is 1.57. The van der Waals surface area contributed by atoms with Gasteiger partial charge < -0.3 is 9.47 Å². The molecule has 0 saturated heterocycles. The standard InChI is InChI=1S/C17H15ClO3/c1-17(2)9-11-4-3-5-15(16(11)21-17)20-14-7-6-13(18)8-12(14)10-19/h3-8,10H,9H2,1-2H3. The first-order chi connectivity index (χ1) is 9.98. The molecule has 0 atom stereocenters. The van der Waals surface area contributed by atoms with Gasteiger partial charge in [0, 0.05) is 17.0 Å². The largest absolute Gasteiger partial charge is 0.483 e. The zero-order chi connectivity index (χ0) is 15.0. The molecule has 0 aromatic heterocycles. The van der Waals surface area contributed by atoms with Crippen LogP contribution in [0.4, 0.5) is 0 Å². The predicted octanol–water partition coefficient (Wildman–Crippen LogP) is 4.66. The van der Waals surface area contributed by atoms with E-state index in [1.807, 2.05) is 32.0 Å². The van der Waals surface area contributed by atoms with E-state index >= 15 is 0 Å². The average Bonchev–Trinajstić information content (AvgIpc) is 2.75. The second-order valence-corrected chi connectivity index (χ2v) is 6.12. The van der Waals surface area contributed by atoms with E-state index in [9.17, 15) is 4.79 Å². The van der Waals surface area contributed by atoms with Crippen LogP contribution in [0.2, 0.25) is 5.02 Å². The Kier molecular flexibility index (Phi) is 3.38. The van der Waals surface area contributed by atoms with Crippen LogP contribution in [-0.2, 0) is 6.42 Å². The Labute approximate surface area is 128 Å². The van der Waals surface area contributed by atoms with E-state index in [0.717, 1.165) is 24.0 Å². The Morgan fingerprint density at radius 2 is 2.05 bits per heavy atom. The monoisotopic (exact) mass is 302 g/mol. The molecule has 0 unspecified atom stereocenters. The van der Waals surface area contributed by atoms with Crippen LogP contribution in [0, 0.1) is 0 Å². The Morgan fingerprint density at radius 1 is 1.24 bits per heavy atom. The van der Waals surface area contributed by atoms with Crippen molar-refractivity contribution in [3.63, 3.8) is 0 Å². The summed E-state index contributed by atoms with van der Waals surface area (Å²) in [5, 5.41) is 0.500. The van der Waals surface area contributed by atoms with E-state index in [-0.39, 0.29) is 5.60 Å². The molecule has 0 saturated carbocycles. The molecule has 21 heavy (non-hydrogen) atoms. The molecule has 108 valence electrons. The topological polar surface area (TPSA) is 35.5 Å². The van der Waals surface area contributed by atoms with E-state index in [0.29, 0.717) is 22.1 Å². The van der Waals surface area contributed by atoms with Gasteiger partial charge in [0.1, 0.15) is 11.4 Å². The molecule has 0 radical (unpaired) electrons. The first kappa shape index (κ1) is 14.0. The van der Waals surface area contributed by atoms with Gasteiger partial charge in [-0.2, -0.15) is 0 Å². The van der Waals surface area contributed by atoms with Crippen LogP contribution in [-0.4, -0.2) is 11.9 Å². The summed E-state index contributed by atoms with van der Waals surface area (Å²) in [5.74, 6) is 1.83. The van der Waals surface area contributed by atoms with Crippen LogP contribution >= 0.6 is 11.6 Å². The lowest BCUT2D eigenvalue weighted by atomic mass is 10.0. The molecule has 3 nitrogen and oxygen atoms in total. The van der Waals surface area contributed by atoms with Crippen molar-refractivity contribution >= 4 is 17.9 Å². The molecular formula is C17H15ClO3. The highest BCUT2D eigenvalue weighted by molar-refractivity contribution is 6.30. The van der Waals surface area contributed by atoms with Crippen molar-refractivity contribution < 1.29 is 14.3 Å². The maximum Gasteiger partial charge on any atom is 0.169 e. The number of carbonyl (C=O) groups is 1. The molecule has 2 aromatic carbocycles. The van der Waals surface area contributed by atoms with E-state index in [1.165, 1.54) is 0 Å².